The molecule has 26 heavy (non-hydrogen) atoms. The predicted molar refractivity (Wildman–Crippen MR) is 102 cm³/mol. The van der Waals surface area contributed by atoms with E-state index in [9.17, 15) is 9.32 Å². The summed E-state index contributed by atoms with van der Waals surface area (Å²) >= 11 is 7.56. The quantitative estimate of drug-likeness (QED) is 0.632. The molecule has 1 aliphatic rings. The van der Waals surface area contributed by atoms with Crippen molar-refractivity contribution in [1.82, 2.24) is 20.2 Å². The summed E-state index contributed by atoms with van der Waals surface area (Å²) < 4.78 is 18.3. The summed E-state index contributed by atoms with van der Waals surface area (Å²) in [6.07, 6.45) is 3.16. The van der Waals surface area contributed by atoms with Gasteiger partial charge in [0.2, 0.25) is 5.16 Å². The van der Waals surface area contributed by atoms with Crippen molar-refractivity contribution in [3.05, 3.63) is 11.3 Å². The molecule has 3 aromatic heterocycles. The van der Waals surface area contributed by atoms with Gasteiger partial charge in [0.1, 0.15) is 16.2 Å². The maximum Gasteiger partial charge on any atom is 0.221 e. The highest BCUT2D eigenvalue weighted by Crippen LogP contribution is 2.40. The molecule has 3 aromatic rings. The van der Waals surface area contributed by atoms with Crippen LogP contribution in [0.25, 0.3) is 20.3 Å². The van der Waals surface area contributed by atoms with Gasteiger partial charge < -0.3 is 14.7 Å². The van der Waals surface area contributed by atoms with E-state index < -0.39 is 16.4 Å². The highest BCUT2D eigenvalue weighted by molar-refractivity contribution is 7.84. The normalized spacial score (nSPS) is 22.7. The van der Waals surface area contributed by atoms with E-state index in [1.807, 2.05) is 4.90 Å². The zero-order chi connectivity index (χ0) is 18.5. The number of fused-ring (bicyclic) bond motifs is 3. The molecule has 138 valence electrons. The van der Waals surface area contributed by atoms with Gasteiger partial charge in [-0.15, -0.1) is 16.4 Å². The van der Waals surface area contributed by atoms with E-state index in [2.05, 4.69) is 20.2 Å². The Kier molecular flexibility index (Phi) is 4.56. The summed E-state index contributed by atoms with van der Waals surface area (Å²) in [7, 11) is -1.35. The van der Waals surface area contributed by atoms with Crippen LogP contribution in [0.1, 0.15) is 6.92 Å². The largest absolute Gasteiger partial charge is 0.386 e. The van der Waals surface area contributed by atoms with Crippen LogP contribution in [0.2, 0.25) is 5.15 Å². The number of aromatic nitrogens is 4. The van der Waals surface area contributed by atoms with Crippen molar-refractivity contribution < 1.29 is 14.1 Å². The molecule has 2 atom stereocenters. The smallest absolute Gasteiger partial charge is 0.221 e. The summed E-state index contributed by atoms with van der Waals surface area (Å²) in [6, 6.07) is 0. The molecule has 0 amide bonds. The third-order valence-corrected chi connectivity index (χ3v) is 6.25. The number of halogens is 1. The van der Waals surface area contributed by atoms with Crippen molar-refractivity contribution in [2.45, 2.75) is 17.7 Å². The number of β-amino-alcohol motifs (C(OH)–C–C–N with tert-alkyl or cyclic N) is 1. The number of anilines is 1. The molecular weight excluding hydrogens is 398 g/mol. The van der Waals surface area contributed by atoms with Crippen LogP contribution in [0.15, 0.2) is 11.4 Å². The average molecular weight is 414 g/mol. The Hall–Kier alpha value is -1.46. The summed E-state index contributed by atoms with van der Waals surface area (Å²) in [5.41, 5.74) is -1.03. The topological polar surface area (TPSA) is 101 Å². The molecule has 1 aliphatic heterocycles. The van der Waals surface area contributed by atoms with E-state index in [1.54, 1.807) is 13.1 Å². The molecule has 0 aromatic carbocycles. The van der Waals surface area contributed by atoms with Crippen LogP contribution >= 0.6 is 22.9 Å². The van der Waals surface area contributed by atoms with Gasteiger partial charge in [0.15, 0.2) is 5.15 Å². The second kappa shape index (κ2) is 6.61. The lowest BCUT2D eigenvalue weighted by Gasteiger charge is -2.28. The molecule has 4 rings (SSSR count). The van der Waals surface area contributed by atoms with Gasteiger partial charge in [0.25, 0.3) is 0 Å². The van der Waals surface area contributed by atoms with Crippen molar-refractivity contribution in [1.29, 1.82) is 0 Å². The minimum absolute atomic E-state index is 0.237. The molecule has 0 aliphatic carbocycles. The van der Waals surface area contributed by atoms with E-state index in [1.165, 1.54) is 17.6 Å². The highest BCUT2D eigenvalue weighted by Gasteiger charge is 2.30. The van der Waals surface area contributed by atoms with Crippen LogP contribution in [0.5, 0.6) is 0 Å². The van der Waals surface area contributed by atoms with Crippen molar-refractivity contribution in [3.63, 3.8) is 0 Å². The number of hydrogen-bond acceptors (Lipinski definition) is 9. The first kappa shape index (κ1) is 17.9. The van der Waals surface area contributed by atoms with Crippen LogP contribution in [0.3, 0.4) is 0 Å². The first-order valence-electron chi connectivity index (χ1n) is 7.86. The number of nitrogens with zero attached hydrogens (tertiary/aromatic N) is 5. The van der Waals surface area contributed by atoms with Crippen molar-refractivity contribution in [2.24, 2.45) is 0 Å². The van der Waals surface area contributed by atoms with Crippen LogP contribution in [-0.2, 0) is 15.5 Å². The zero-order valence-electron chi connectivity index (χ0n) is 14.1. The van der Waals surface area contributed by atoms with Crippen molar-refractivity contribution in [3.8, 4) is 0 Å². The minimum Gasteiger partial charge on any atom is -0.386 e. The molecule has 1 fully saturated rings. The van der Waals surface area contributed by atoms with Gasteiger partial charge >= 0.3 is 0 Å². The van der Waals surface area contributed by atoms with Crippen LogP contribution in [-0.4, -0.2) is 67.6 Å². The first-order valence-corrected chi connectivity index (χ1v) is 10.6. The maximum atomic E-state index is 12.0. The molecular formula is C15H16ClN5O3S2. The number of thiophene rings is 1. The summed E-state index contributed by atoms with van der Waals surface area (Å²) in [6.45, 7) is 3.29. The fourth-order valence-electron chi connectivity index (χ4n) is 2.98. The Bertz CT molecular complexity index is 1030. The SMILES string of the molecule is CS(=O)c1nc(N2CCOC[C@@](C)(O)C2)c2c(n1)sc1c(Cl)nncc12. The second-order valence-electron chi connectivity index (χ2n) is 6.42. The Morgan fingerprint density at radius 1 is 1.46 bits per heavy atom. The average Bonchev–Trinajstić information content (AvgIpc) is 2.86. The number of ether oxygens (including phenoxy) is 1. The van der Waals surface area contributed by atoms with Gasteiger partial charge in [0.05, 0.1) is 46.8 Å². The summed E-state index contributed by atoms with van der Waals surface area (Å²) in [5, 5.41) is 20.5. The summed E-state index contributed by atoms with van der Waals surface area (Å²) in [5.74, 6) is 0.598. The second-order valence-corrected chi connectivity index (χ2v) is 9.05. The minimum atomic E-state index is -1.35. The number of rotatable bonds is 2. The Morgan fingerprint density at radius 2 is 2.27 bits per heavy atom. The molecule has 1 unspecified atom stereocenters. The molecule has 0 bridgehead atoms. The molecule has 8 nitrogen and oxygen atoms in total. The van der Waals surface area contributed by atoms with Crippen molar-refractivity contribution in [2.75, 3.05) is 37.5 Å². The highest BCUT2D eigenvalue weighted by atomic mass is 35.5. The van der Waals surface area contributed by atoms with Gasteiger partial charge in [-0.2, -0.15) is 5.10 Å². The Balaban J connectivity index is 2.00. The monoisotopic (exact) mass is 413 g/mol. The molecule has 0 radical (unpaired) electrons. The molecule has 4 heterocycles. The predicted octanol–water partition coefficient (Wildman–Crippen LogP) is 1.61. The van der Waals surface area contributed by atoms with Gasteiger partial charge in [-0.05, 0) is 6.92 Å². The van der Waals surface area contributed by atoms with Crippen LogP contribution < -0.4 is 4.90 Å². The van der Waals surface area contributed by atoms with E-state index in [4.69, 9.17) is 16.3 Å². The third-order valence-electron chi connectivity index (χ3n) is 4.08. The van der Waals surface area contributed by atoms with E-state index in [-0.39, 0.29) is 11.8 Å². The van der Waals surface area contributed by atoms with Gasteiger partial charge in [0, 0.05) is 18.2 Å². The molecule has 0 spiro atoms. The van der Waals surface area contributed by atoms with E-state index in [0.717, 1.165) is 15.5 Å². The van der Waals surface area contributed by atoms with Crippen molar-refractivity contribution >= 4 is 59.9 Å². The van der Waals surface area contributed by atoms with Gasteiger partial charge in [-0.3, -0.25) is 4.21 Å². The summed E-state index contributed by atoms with van der Waals surface area (Å²) in [4.78, 5) is 11.6. The standard InChI is InChI=1S/C15H16ClN5O3S2/c1-15(22)6-21(3-4-24-7-15)12-9-8-5-17-20-11(16)10(8)25-13(9)19-14(18-12)26(2)23/h5,22H,3-4,6-7H2,1-2H3/t15-,26?/m0/s1. The maximum absolute atomic E-state index is 12.0. The zero-order valence-corrected chi connectivity index (χ0v) is 16.5. The Labute approximate surface area is 160 Å². The van der Waals surface area contributed by atoms with Gasteiger partial charge in [-0.1, -0.05) is 11.6 Å². The molecule has 0 saturated carbocycles. The lowest BCUT2D eigenvalue weighted by molar-refractivity contribution is -0.0123. The third kappa shape index (κ3) is 3.16. The van der Waals surface area contributed by atoms with Crippen LogP contribution in [0, 0.1) is 0 Å². The fourth-order valence-corrected chi connectivity index (χ4v) is 4.76. The van der Waals surface area contributed by atoms with Gasteiger partial charge in [-0.25, -0.2) is 9.97 Å². The number of hydrogen-bond donors (Lipinski definition) is 1. The fraction of sp³-hybridized carbons (Fsp3) is 0.467. The molecule has 1 saturated heterocycles. The lowest BCUT2D eigenvalue weighted by atomic mass is 10.1. The molecule has 1 N–H and O–H groups in total. The van der Waals surface area contributed by atoms with E-state index in [0.29, 0.717) is 35.5 Å². The first-order chi connectivity index (χ1) is 12.4. The molecule has 11 heteroatoms. The number of aliphatic hydroxyl groups is 1. The van der Waals surface area contributed by atoms with Crippen LogP contribution in [0.4, 0.5) is 5.82 Å². The lowest BCUT2D eigenvalue weighted by Crippen LogP contribution is -2.42. The Morgan fingerprint density at radius 3 is 3.04 bits per heavy atom. The van der Waals surface area contributed by atoms with E-state index >= 15 is 0 Å².